The Kier molecular flexibility index (Phi) is 2.91. The van der Waals surface area contributed by atoms with Crippen molar-refractivity contribution in [3.05, 3.63) is 34.9 Å². The van der Waals surface area contributed by atoms with Gasteiger partial charge in [-0.2, -0.15) is 0 Å². The van der Waals surface area contributed by atoms with Crippen LogP contribution in [0.5, 0.6) is 0 Å². The maximum atomic E-state index is 11.8. The lowest BCUT2D eigenvalue weighted by molar-refractivity contribution is -0.158. The Morgan fingerprint density at radius 3 is 2.88 bits per heavy atom. The van der Waals surface area contributed by atoms with Gasteiger partial charge in [0.1, 0.15) is 5.54 Å². The first kappa shape index (κ1) is 11.4. The van der Waals surface area contributed by atoms with Crippen molar-refractivity contribution in [1.29, 1.82) is 0 Å². The maximum Gasteiger partial charge on any atom is 0.330 e. The second kappa shape index (κ2) is 4.07. The number of nitrogens with two attached hydrogens (primary N) is 1. The summed E-state index contributed by atoms with van der Waals surface area (Å²) < 4.78 is 5.09. The van der Waals surface area contributed by atoms with Crippen LogP contribution in [0.2, 0.25) is 5.02 Å². The second-order valence-electron chi connectivity index (χ2n) is 4.36. The van der Waals surface area contributed by atoms with Crippen molar-refractivity contribution in [3.63, 3.8) is 0 Å². The predicted octanol–water partition coefficient (Wildman–Crippen LogP) is 2.08. The molecule has 16 heavy (non-hydrogen) atoms. The molecule has 3 nitrogen and oxygen atoms in total. The zero-order chi connectivity index (χ0) is 11.8. The van der Waals surface area contributed by atoms with Gasteiger partial charge in [-0.3, -0.25) is 0 Å². The highest BCUT2D eigenvalue weighted by Crippen LogP contribution is 2.35. The number of ether oxygens (including phenoxy) is 1. The van der Waals surface area contributed by atoms with Crippen LogP contribution in [0.1, 0.15) is 18.9 Å². The second-order valence-corrected chi connectivity index (χ2v) is 4.77. The molecule has 0 spiro atoms. The average Bonchev–Trinajstić information content (AvgIpc) is 2.24. The van der Waals surface area contributed by atoms with Crippen LogP contribution in [0.15, 0.2) is 24.3 Å². The van der Waals surface area contributed by atoms with E-state index in [-0.39, 0.29) is 5.92 Å². The number of halogens is 1. The van der Waals surface area contributed by atoms with Crippen LogP contribution < -0.4 is 5.73 Å². The van der Waals surface area contributed by atoms with Crippen LogP contribution in [-0.2, 0) is 15.1 Å². The van der Waals surface area contributed by atoms with Crippen molar-refractivity contribution in [1.82, 2.24) is 0 Å². The van der Waals surface area contributed by atoms with Crippen LogP contribution in [0.4, 0.5) is 0 Å². The van der Waals surface area contributed by atoms with Crippen molar-refractivity contribution in [3.8, 4) is 0 Å². The molecular formula is C12H14ClNO2. The van der Waals surface area contributed by atoms with Gasteiger partial charge in [0.15, 0.2) is 0 Å². The molecule has 2 rings (SSSR count). The molecule has 2 atom stereocenters. The normalized spacial score (nSPS) is 29.9. The number of hydrogen-bond acceptors (Lipinski definition) is 3. The van der Waals surface area contributed by atoms with Crippen molar-refractivity contribution >= 4 is 17.6 Å². The Bertz CT molecular complexity index is 421. The summed E-state index contributed by atoms with van der Waals surface area (Å²) in [6, 6.07) is 7.15. The molecule has 1 aromatic rings. The third kappa shape index (κ3) is 1.81. The highest BCUT2D eigenvalue weighted by Gasteiger charge is 2.43. The van der Waals surface area contributed by atoms with Gasteiger partial charge in [-0.15, -0.1) is 0 Å². The highest BCUT2D eigenvalue weighted by molar-refractivity contribution is 6.31. The smallest absolute Gasteiger partial charge is 0.330 e. The first-order valence-electron chi connectivity index (χ1n) is 5.25. The Balaban J connectivity index is 2.44. The van der Waals surface area contributed by atoms with Gasteiger partial charge in [0, 0.05) is 10.6 Å². The topological polar surface area (TPSA) is 52.3 Å². The number of carbonyl (C=O) groups is 1. The highest BCUT2D eigenvalue weighted by atomic mass is 35.5. The summed E-state index contributed by atoms with van der Waals surface area (Å²) >= 11 is 6.07. The van der Waals surface area contributed by atoms with Crippen molar-refractivity contribution in [2.75, 3.05) is 6.61 Å². The monoisotopic (exact) mass is 239 g/mol. The minimum absolute atomic E-state index is 0.249. The Morgan fingerprint density at radius 2 is 2.19 bits per heavy atom. The van der Waals surface area contributed by atoms with E-state index in [0.717, 1.165) is 0 Å². The van der Waals surface area contributed by atoms with Crippen molar-refractivity contribution in [2.45, 2.75) is 18.9 Å². The molecule has 0 bridgehead atoms. The lowest BCUT2D eigenvalue weighted by atomic mass is 9.81. The number of rotatable bonds is 1. The van der Waals surface area contributed by atoms with Gasteiger partial charge >= 0.3 is 5.97 Å². The summed E-state index contributed by atoms with van der Waals surface area (Å²) in [5.74, 6) is -0.141. The molecule has 0 saturated carbocycles. The molecule has 0 aliphatic carbocycles. The standard InChI is InChI=1S/C12H14ClNO2/c1-8-6-12(14,11(15)16-7-8)9-4-2-3-5-10(9)13/h2-5,8H,6-7,14H2,1H3/t8-,12+/m1/s1. The molecule has 1 fully saturated rings. The molecule has 0 amide bonds. The maximum absolute atomic E-state index is 11.8. The molecule has 0 unspecified atom stereocenters. The minimum Gasteiger partial charge on any atom is -0.464 e. The lowest BCUT2D eigenvalue weighted by Crippen LogP contribution is -2.51. The van der Waals surface area contributed by atoms with E-state index in [1.165, 1.54) is 0 Å². The van der Waals surface area contributed by atoms with E-state index in [2.05, 4.69) is 0 Å². The number of esters is 1. The van der Waals surface area contributed by atoms with Gasteiger partial charge in [0.05, 0.1) is 6.61 Å². The van der Waals surface area contributed by atoms with E-state index in [1.54, 1.807) is 12.1 Å². The van der Waals surface area contributed by atoms with Crippen molar-refractivity contribution < 1.29 is 9.53 Å². The van der Waals surface area contributed by atoms with Gasteiger partial charge in [0.25, 0.3) is 0 Å². The summed E-state index contributed by atoms with van der Waals surface area (Å²) in [6.07, 6.45) is 0.565. The first-order valence-corrected chi connectivity index (χ1v) is 5.63. The minimum atomic E-state index is -1.10. The average molecular weight is 240 g/mol. The summed E-state index contributed by atoms with van der Waals surface area (Å²) in [7, 11) is 0. The zero-order valence-corrected chi connectivity index (χ0v) is 9.83. The molecule has 0 radical (unpaired) electrons. The Labute approximate surface area is 99.5 Å². The summed E-state index contributed by atoms with van der Waals surface area (Å²) in [4.78, 5) is 11.8. The van der Waals surface area contributed by atoms with Crippen molar-refractivity contribution in [2.24, 2.45) is 11.7 Å². The summed E-state index contributed by atoms with van der Waals surface area (Å²) in [5, 5.41) is 0.510. The molecule has 4 heteroatoms. The quantitative estimate of drug-likeness (QED) is 0.764. The Morgan fingerprint density at radius 1 is 1.50 bits per heavy atom. The SMILES string of the molecule is C[C@H]1COC(=O)[C@@](N)(c2ccccc2Cl)C1. The van der Waals surface area contributed by atoms with E-state index in [0.29, 0.717) is 23.6 Å². The number of benzene rings is 1. The van der Waals surface area contributed by atoms with E-state index in [4.69, 9.17) is 22.1 Å². The predicted molar refractivity (Wildman–Crippen MR) is 62.1 cm³/mol. The third-order valence-electron chi connectivity index (χ3n) is 2.89. The van der Waals surface area contributed by atoms with Crippen LogP contribution in [-0.4, -0.2) is 12.6 Å². The van der Waals surface area contributed by atoms with E-state index >= 15 is 0 Å². The molecule has 1 aliphatic heterocycles. The molecular weight excluding hydrogens is 226 g/mol. The van der Waals surface area contributed by atoms with Crippen LogP contribution in [0, 0.1) is 5.92 Å². The van der Waals surface area contributed by atoms with E-state index in [1.807, 2.05) is 19.1 Å². The van der Waals surface area contributed by atoms with Crippen LogP contribution in [0.3, 0.4) is 0 Å². The zero-order valence-electron chi connectivity index (χ0n) is 9.07. The number of hydrogen-bond donors (Lipinski definition) is 1. The Hall–Kier alpha value is -1.06. The van der Waals surface area contributed by atoms with E-state index < -0.39 is 11.5 Å². The lowest BCUT2D eigenvalue weighted by Gasteiger charge is -2.35. The third-order valence-corrected chi connectivity index (χ3v) is 3.22. The van der Waals surface area contributed by atoms with Gasteiger partial charge in [0.2, 0.25) is 0 Å². The number of cyclic esters (lactones) is 1. The molecule has 2 N–H and O–H groups in total. The molecule has 0 aromatic heterocycles. The molecule has 1 aliphatic rings. The van der Waals surface area contributed by atoms with Gasteiger partial charge in [-0.05, 0) is 18.4 Å². The fourth-order valence-electron chi connectivity index (χ4n) is 2.08. The first-order chi connectivity index (χ1) is 7.54. The fraction of sp³-hybridized carbons (Fsp3) is 0.417. The van der Waals surface area contributed by atoms with Gasteiger partial charge < -0.3 is 10.5 Å². The van der Waals surface area contributed by atoms with Gasteiger partial charge in [-0.25, -0.2) is 4.79 Å². The van der Waals surface area contributed by atoms with Crippen LogP contribution in [0.25, 0.3) is 0 Å². The summed E-state index contributed by atoms with van der Waals surface area (Å²) in [5.41, 5.74) is 5.70. The van der Waals surface area contributed by atoms with E-state index in [9.17, 15) is 4.79 Å². The molecule has 1 heterocycles. The molecule has 1 saturated heterocycles. The number of carbonyl (C=O) groups excluding carboxylic acids is 1. The molecule has 1 aromatic carbocycles. The van der Waals surface area contributed by atoms with Crippen LogP contribution >= 0.6 is 11.6 Å². The van der Waals surface area contributed by atoms with Gasteiger partial charge in [-0.1, -0.05) is 36.7 Å². The molecule has 86 valence electrons. The largest absolute Gasteiger partial charge is 0.464 e. The summed E-state index contributed by atoms with van der Waals surface area (Å²) in [6.45, 7) is 2.44. The fourth-order valence-corrected chi connectivity index (χ4v) is 2.39.